The van der Waals surface area contributed by atoms with Gasteiger partial charge in [-0.25, -0.2) is 0 Å². The first kappa shape index (κ1) is 3.50. The normalized spacial score (nSPS) is 25.8. The molecule has 1 N–H and O–H groups in total. The molecule has 28 valence electrons. The van der Waals surface area contributed by atoms with Gasteiger partial charge in [-0.15, -0.1) is 11.8 Å². The molecule has 0 aromatic carbocycles. The smallest absolute Gasteiger partial charge is 0.152 e. The lowest BCUT2D eigenvalue weighted by atomic mass is 10.5. The predicted molar refractivity (Wildman–Crippen MR) is 21.9 cm³/mol. The van der Waals surface area contributed by atoms with E-state index in [0.29, 0.717) is 5.44 Å². The largest absolute Gasteiger partial charge is 0.375 e. The predicted octanol–water partition coefficient (Wildman–Crippen LogP) is 0.799. The summed E-state index contributed by atoms with van der Waals surface area (Å²) in [6.07, 6.45) is 1.78. The molecule has 0 amide bonds. The van der Waals surface area contributed by atoms with Gasteiger partial charge in [-0.05, 0) is 0 Å². The molecular weight excluding hydrogens is 84.1 g/mol. The molecule has 2 heteroatoms. The second-order valence-corrected chi connectivity index (χ2v) is 1.89. The van der Waals surface area contributed by atoms with E-state index in [2.05, 4.69) is 0 Å². The maximum atomic E-state index is 8.27. The van der Waals surface area contributed by atoms with Crippen molar-refractivity contribution in [1.29, 1.82) is 0 Å². The fraction of sp³-hybridized carbons (Fsp3) is 0.333. The molecule has 1 rings (SSSR count). The summed E-state index contributed by atoms with van der Waals surface area (Å²) >= 11 is 1.48. The highest BCUT2D eigenvalue weighted by Gasteiger charge is 2.14. The highest BCUT2D eigenvalue weighted by Crippen LogP contribution is 2.30. The number of thioether (sulfide) groups is 1. The second kappa shape index (κ2) is 1.19. The summed E-state index contributed by atoms with van der Waals surface area (Å²) in [5, 5.41) is 8.27. The van der Waals surface area contributed by atoms with Crippen molar-refractivity contribution in [3.8, 4) is 0 Å². The van der Waals surface area contributed by atoms with Gasteiger partial charge >= 0.3 is 0 Å². The first-order valence-corrected chi connectivity index (χ1v) is 2.40. The van der Waals surface area contributed by atoms with Crippen molar-refractivity contribution in [1.82, 2.24) is 0 Å². The number of aliphatic hydroxyl groups excluding tert-OH is 1. The van der Waals surface area contributed by atoms with E-state index in [1.165, 1.54) is 11.8 Å². The SMILES string of the molecule is O[C]1[CH]CS1. The van der Waals surface area contributed by atoms with Crippen molar-refractivity contribution in [2.24, 2.45) is 0 Å². The molecule has 1 aliphatic rings. The third-order valence-corrected chi connectivity index (χ3v) is 1.28. The fourth-order valence-electron chi connectivity index (χ4n) is 0.158. The van der Waals surface area contributed by atoms with Gasteiger partial charge in [0.25, 0.3) is 0 Å². The van der Waals surface area contributed by atoms with Crippen LogP contribution in [0.1, 0.15) is 0 Å². The lowest BCUT2D eigenvalue weighted by Crippen LogP contribution is -2.04. The van der Waals surface area contributed by atoms with E-state index in [1.807, 2.05) is 0 Å². The van der Waals surface area contributed by atoms with Gasteiger partial charge in [0, 0.05) is 12.2 Å². The van der Waals surface area contributed by atoms with Crippen molar-refractivity contribution >= 4 is 11.8 Å². The van der Waals surface area contributed by atoms with Crippen LogP contribution in [0.5, 0.6) is 0 Å². The molecule has 5 heavy (non-hydrogen) atoms. The Morgan fingerprint density at radius 2 is 2.40 bits per heavy atom. The maximum absolute atomic E-state index is 8.27. The fourth-order valence-corrected chi connectivity index (χ4v) is 0.474. The maximum Gasteiger partial charge on any atom is 0.152 e. The summed E-state index contributed by atoms with van der Waals surface area (Å²) in [5.74, 6) is 0.992. The minimum absolute atomic E-state index is 0.477. The zero-order valence-electron chi connectivity index (χ0n) is 2.64. The Balaban J connectivity index is 2.08. The summed E-state index contributed by atoms with van der Waals surface area (Å²) < 4.78 is 0. The highest BCUT2D eigenvalue weighted by atomic mass is 32.2. The number of hydrogen-bond acceptors (Lipinski definition) is 2. The third kappa shape index (κ3) is 0.578. The van der Waals surface area contributed by atoms with Gasteiger partial charge in [-0.2, -0.15) is 0 Å². The molecule has 0 unspecified atom stereocenters. The minimum atomic E-state index is 0.477. The van der Waals surface area contributed by atoms with Crippen LogP contribution in [0, 0.1) is 11.9 Å². The van der Waals surface area contributed by atoms with Gasteiger partial charge in [-0.3, -0.25) is 0 Å². The zero-order valence-corrected chi connectivity index (χ0v) is 3.46. The molecule has 0 saturated carbocycles. The van der Waals surface area contributed by atoms with Crippen molar-refractivity contribution in [2.45, 2.75) is 0 Å². The van der Waals surface area contributed by atoms with Crippen molar-refractivity contribution in [2.75, 3.05) is 5.75 Å². The van der Waals surface area contributed by atoms with Crippen LogP contribution in [-0.2, 0) is 0 Å². The second-order valence-electron chi connectivity index (χ2n) is 0.853. The quantitative estimate of drug-likeness (QED) is 0.472. The van der Waals surface area contributed by atoms with Crippen LogP contribution in [0.3, 0.4) is 0 Å². The molecule has 0 aliphatic carbocycles. The van der Waals surface area contributed by atoms with E-state index in [4.69, 9.17) is 5.11 Å². The van der Waals surface area contributed by atoms with Crippen LogP contribution in [0.2, 0.25) is 0 Å². The van der Waals surface area contributed by atoms with E-state index < -0.39 is 0 Å². The van der Waals surface area contributed by atoms with Gasteiger partial charge in [0.1, 0.15) is 0 Å². The van der Waals surface area contributed by atoms with Crippen LogP contribution >= 0.6 is 11.8 Å². The van der Waals surface area contributed by atoms with Crippen molar-refractivity contribution < 1.29 is 5.11 Å². The first-order chi connectivity index (χ1) is 2.39. The minimum Gasteiger partial charge on any atom is -0.375 e. The molecule has 0 bridgehead atoms. The van der Waals surface area contributed by atoms with Crippen LogP contribution in [0.15, 0.2) is 0 Å². The molecule has 1 saturated heterocycles. The Bertz CT molecular complexity index is 33.9. The van der Waals surface area contributed by atoms with E-state index in [1.54, 1.807) is 6.42 Å². The number of hydrogen-bond donors (Lipinski definition) is 1. The van der Waals surface area contributed by atoms with Crippen LogP contribution in [0.4, 0.5) is 0 Å². The van der Waals surface area contributed by atoms with E-state index in [0.717, 1.165) is 5.75 Å². The average molecular weight is 88.1 g/mol. The van der Waals surface area contributed by atoms with E-state index in [-0.39, 0.29) is 0 Å². The molecule has 0 spiro atoms. The highest BCUT2D eigenvalue weighted by molar-refractivity contribution is 8.03. The first-order valence-electron chi connectivity index (χ1n) is 1.41. The van der Waals surface area contributed by atoms with Crippen LogP contribution in [0.25, 0.3) is 0 Å². The molecule has 1 fully saturated rings. The van der Waals surface area contributed by atoms with Gasteiger partial charge in [-0.1, -0.05) is 0 Å². The van der Waals surface area contributed by atoms with Crippen LogP contribution in [-0.4, -0.2) is 10.9 Å². The molecule has 0 aromatic rings. The van der Waals surface area contributed by atoms with Gasteiger partial charge < -0.3 is 5.11 Å². The summed E-state index contributed by atoms with van der Waals surface area (Å²) in [6.45, 7) is 0. The summed E-state index contributed by atoms with van der Waals surface area (Å²) in [6, 6.07) is 0. The molecule has 0 atom stereocenters. The molecule has 1 nitrogen and oxygen atoms in total. The standard InChI is InChI=1S/C3H4OS/c4-3-1-2-5-3/h1,4H,2H2. The third-order valence-electron chi connectivity index (χ3n) is 0.489. The molecule has 0 aromatic heterocycles. The number of rotatable bonds is 0. The van der Waals surface area contributed by atoms with Gasteiger partial charge in [0.05, 0.1) is 0 Å². The molecular formula is C3H4OS. The molecule has 2 radical (unpaired) electrons. The average Bonchev–Trinajstić information content (AvgIpc) is 1.30. The topological polar surface area (TPSA) is 20.2 Å². The lowest BCUT2D eigenvalue weighted by molar-refractivity contribution is 0.380. The van der Waals surface area contributed by atoms with E-state index in [9.17, 15) is 0 Å². The Morgan fingerprint density at radius 3 is 2.40 bits per heavy atom. The number of aliphatic hydroxyl groups is 1. The molecule has 1 heterocycles. The molecule has 1 aliphatic heterocycles. The van der Waals surface area contributed by atoms with Gasteiger partial charge in [0.15, 0.2) is 5.44 Å². The van der Waals surface area contributed by atoms with Crippen LogP contribution < -0.4 is 0 Å². The summed E-state index contributed by atoms with van der Waals surface area (Å²) in [4.78, 5) is 0. The van der Waals surface area contributed by atoms with E-state index >= 15 is 0 Å². The van der Waals surface area contributed by atoms with Crippen molar-refractivity contribution in [3.63, 3.8) is 0 Å². The van der Waals surface area contributed by atoms with Crippen molar-refractivity contribution in [3.05, 3.63) is 11.9 Å². The lowest BCUT2D eigenvalue weighted by Gasteiger charge is -2.14. The summed E-state index contributed by atoms with van der Waals surface area (Å²) in [7, 11) is 0. The Morgan fingerprint density at radius 1 is 2.00 bits per heavy atom. The Kier molecular flexibility index (Phi) is 0.830. The Labute approximate surface area is 35.4 Å². The van der Waals surface area contributed by atoms with Gasteiger partial charge in [0.2, 0.25) is 0 Å². The Hall–Kier alpha value is 0.310. The zero-order chi connectivity index (χ0) is 3.70. The monoisotopic (exact) mass is 88.0 g/mol. The summed E-state index contributed by atoms with van der Waals surface area (Å²) in [5.41, 5.74) is 0.477.